The molecule has 4 rings (SSSR count). The number of nitrogens with zero attached hydrogens (tertiary/aromatic N) is 2. The van der Waals surface area contributed by atoms with E-state index in [1.54, 1.807) is 23.0 Å². The lowest BCUT2D eigenvalue weighted by atomic mass is 9.97. The molecule has 7 nitrogen and oxygen atoms in total. The molecule has 0 atom stereocenters. The van der Waals surface area contributed by atoms with E-state index in [9.17, 15) is 9.59 Å². The van der Waals surface area contributed by atoms with E-state index < -0.39 is 0 Å². The molecule has 1 amide bonds. The fraction of sp³-hybridized carbons (Fsp3) is 0.632. The van der Waals surface area contributed by atoms with Crippen LogP contribution in [0.5, 0.6) is 0 Å². The summed E-state index contributed by atoms with van der Waals surface area (Å²) < 4.78 is 6.94. The number of hydrogen-bond acceptors (Lipinski definition) is 6. The summed E-state index contributed by atoms with van der Waals surface area (Å²) in [4.78, 5) is 33.4. The van der Waals surface area contributed by atoms with Crippen LogP contribution < -0.4 is 15.8 Å². The summed E-state index contributed by atoms with van der Waals surface area (Å²) >= 11 is 2.99. The van der Waals surface area contributed by atoms with Gasteiger partial charge < -0.3 is 15.0 Å². The smallest absolute Gasteiger partial charge is 0.262 e. The quantitative estimate of drug-likeness (QED) is 0.505. The highest BCUT2D eigenvalue weighted by molar-refractivity contribution is 7.99. The molecule has 2 aromatic rings. The molecule has 2 N–H and O–H groups in total. The number of aryl methyl sites for hydroxylation is 2. The fourth-order valence-electron chi connectivity index (χ4n) is 3.87. The SMILES string of the molecule is Cn1c(SCC(=O)NCC[NH+]2CCOCC2)nc2sc3c(c2c1=O)CCCC3. The third kappa shape index (κ3) is 4.27. The van der Waals surface area contributed by atoms with Crippen LogP contribution in [0, 0.1) is 0 Å². The molecular formula is C19H27N4O3S2+. The van der Waals surface area contributed by atoms with Crippen molar-refractivity contribution in [1.82, 2.24) is 14.9 Å². The van der Waals surface area contributed by atoms with Crippen molar-refractivity contribution < 1.29 is 14.4 Å². The largest absolute Gasteiger partial charge is 0.370 e. The van der Waals surface area contributed by atoms with Gasteiger partial charge in [0.15, 0.2) is 5.16 Å². The Bertz CT molecular complexity index is 918. The molecule has 152 valence electrons. The maximum absolute atomic E-state index is 12.9. The minimum atomic E-state index is -0.0162. The monoisotopic (exact) mass is 423 g/mol. The van der Waals surface area contributed by atoms with Gasteiger partial charge in [0.2, 0.25) is 5.91 Å². The Morgan fingerprint density at radius 2 is 2.11 bits per heavy atom. The molecule has 28 heavy (non-hydrogen) atoms. The lowest BCUT2D eigenvalue weighted by Crippen LogP contribution is -3.14. The fourth-order valence-corrected chi connectivity index (χ4v) is 5.97. The number of carbonyl (C=O) groups is 1. The summed E-state index contributed by atoms with van der Waals surface area (Å²) in [6.07, 6.45) is 4.36. The highest BCUT2D eigenvalue weighted by Crippen LogP contribution is 2.34. The summed E-state index contributed by atoms with van der Waals surface area (Å²) in [6.45, 7) is 5.19. The summed E-state index contributed by atoms with van der Waals surface area (Å²) in [7, 11) is 1.75. The van der Waals surface area contributed by atoms with Crippen LogP contribution in [0.3, 0.4) is 0 Å². The number of amides is 1. The number of quaternary nitrogens is 1. The van der Waals surface area contributed by atoms with E-state index in [1.807, 2.05) is 0 Å². The molecule has 1 aliphatic carbocycles. The summed E-state index contributed by atoms with van der Waals surface area (Å²) in [5.41, 5.74) is 1.22. The number of morpholine rings is 1. The zero-order valence-corrected chi connectivity index (χ0v) is 17.8. The van der Waals surface area contributed by atoms with Gasteiger partial charge in [-0.2, -0.15) is 0 Å². The molecule has 9 heteroatoms. The number of hydrogen-bond donors (Lipinski definition) is 2. The van der Waals surface area contributed by atoms with E-state index in [1.165, 1.54) is 33.5 Å². The molecule has 0 aromatic carbocycles. The number of ether oxygens (including phenoxy) is 1. The van der Waals surface area contributed by atoms with Gasteiger partial charge in [0.1, 0.15) is 17.9 Å². The number of nitrogens with one attached hydrogen (secondary N) is 2. The Morgan fingerprint density at radius 3 is 2.93 bits per heavy atom. The van der Waals surface area contributed by atoms with Crippen molar-refractivity contribution in [3.05, 3.63) is 20.8 Å². The van der Waals surface area contributed by atoms with Crippen LogP contribution in [0.25, 0.3) is 10.2 Å². The van der Waals surface area contributed by atoms with Crippen molar-refractivity contribution in [2.45, 2.75) is 30.8 Å². The first-order valence-electron chi connectivity index (χ1n) is 9.95. The van der Waals surface area contributed by atoms with E-state index in [2.05, 4.69) is 5.32 Å². The number of thiophene rings is 1. The lowest BCUT2D eigenvalue weighted by molar-refractivity contribution is -0.906. The number of thioether (sulfide) groups is 1. The standard InChI is InChI=1S/C19H26N4O3S2/c1-22-18(25)16-13-4-2-3-5-14(13)28-17(16)21-19(22)27-12-15(24)20-6-7-23-8-10-26-11-9-23/h2-12H2,1H3,(H,20,24)/p+1. The van der Waals surface area contributed by atoms with Gasteiger partial charge in [0.05, 0.1) is 37.4 Å². The van der Waals surface area contributed by atoms with E-state index in [4.69, 9.17) is 9.72 Å². The summed E-state index contributed by atoms with van der Waals surface area (Å²) in [5, 5.41) is 4.39. The van der Waals surface area contributed by atoms with Crippen LogP contribution in [0.2, 0.25) is 0 Å². The zero-order valence-electron chi connectivity index (χ0n) is 16.2. The first-order chi connectivity index (χ1) is 13.6. The van der Waals surface area contributed by atoms with Crippen LogP contribution in [-0.2, 0) is 29.4 Å². The second kappa shape index (κ2) is 8.94. The minimum Gasteiger partial charge on any atom is -0.370 e. The zero-order chi connectivity index (χ0) is 19.5. The van der Waals surface area contributed by atoms with Gasteiger partial charge in [-0.25, -0.2) is 4.98 Å². The average molecular weight is 424 g/mol. The molecule has 0 bridgehead atoms. The van der Waals surface area contributed by atoms with Gasteiger partial charge in [-0.15, -0.1) is 11.3 Å². The summed E-state index contributed by atoms with van der Waals surface area (Å²) in [6, 6.07) is 0. The van der Waals surface area contributed by atoms with Crippen molar-refractivity contribution in [2.24, 2.45) is 7.05 Å². The summed E-state index contributed by atoms with van der Waals surface area (Å²) in [5.74, 6) is 0.257. The second-order valence-electron chi connectivity index (χ2n) is 7.40. The first-order valence-corrected chi connectivity index (χ1v) is 11.8. The van der Waals surface area contributed by atoms with E-state index in [0.717, 1.165) is 62.3 Å². The van der Waals surface area contributed by atoms with Crippen molar-refractivity contribution in [1.29, 1.82) is 0 Å². The van der Waals surface area contributed by atoms with E-state index in [0.29, 0.717) is 11.7 Å². The van der Waals surface area contributed by atoms with Gasteiger partial charge in [0.25, 0.3) is 5.56 Å². The molecule has 2 aliphatic rings. The van der Waals surface area contributed by atoms with E-state index >= 15 is 0 Å². The lowest BCUT2D eigenvalue weighted by Gasteiger charge is -2.23. The molecule has 0 spiro atoms. The Hall–Kier alpha value is -1.42. The first kappa shape index (κ1) is 19.9. The van der Waals surface area contributed by atoms with Gasteiger partial charge in [-0.1, -0.05) is 11.8 Å². The minimum absolute atomic E-state index is 0.0162. The molecule has 0 radical (unpaired) electrons. The molecule has 1 aliphatic heterocycles. The average Bonchev–Trinajstić information content (AvgIpc) is 3.09. The third-order valence-corrected chi connectivity index (χ3v) is 7.70. The van der Waals surface area contributed by atoms with Crippen molar-refractivity contribution in [2.75, 3.05) is 45.1 Å². The van der Waals surface area contributed by atoms with Crippen LogP contribution in [0.1, 0.15) is 23.3 Å². The van der Waals surface area contributed by atoms with Gasteiger partial charge in [-0.3, -0.25) is 14.2 Å². The van der Waals surface area contributed by atoms with Gasteiger partial charge in [-0.05, 0) is 31.2 Å². The second-order valence-corrected chi connectivity index (χ2v) is 9.43. The predicted molar refractivity (Wildman–Crippen MR) is 112 cm³/mol. The molecule has 0 unspecified atom stereocenters. The van der Waals surface area contributed by atoms with E-state index in [-0.39, 0.29) is 17.2 Å². The number of carbonyl (C=O) groups excluding carboxylic acids is 1. The highest BCUT2D eigenvalue weighted by Gasteiger charge is 2.21. The normalized spacial score (nSPS) is 17.6. The maximum Gasteiger partial charge on any atom is 0.262 e. The molecule has 0 saturated carbocycles. The van der Waals surface area contributed by atoms with Crippen LogP contribution in [-0.4, -0.2) is 60.6 Å². The number of fused-ring (bicyclic) bond motifs is 3. The van der Waals surface area contributed by atoms with Crippen molar-refractivity contribution in [3.8, 4) is 0 Å². The molecule has 2 aromatic heterocycles. The Morgan fingerprint density at radius 1 is 1.32 bits per heavy atom. The molecule has 1 fully saturated rings. The Labute approximate surface area is 172 Å². The van der Waals surface area contributed by atoms with Gasteiger partial charge >= 0.3 is 0 Å². The number of rotatable bonds is 6. The molecular weight excluding hydrogens is 396 g/mol. The highest BCUT2D eigenvalue weighted by atomic mass is 32.2. The number of aromatic nitrogens is 2. The molecule has 3 heterocycles. The van der Waals surface area contributed by atoms with Crippen LogP contribution in [0.15, 0.2) is 9.95 Å². The maximum atomic E-state index is 12.9. The Kier molecular flexibility index (Phi) is 6.35. The predicted octanol–water partition coefficient (Wildman–Crippen LogP) is -0.00280. The molecule has 1 saturated heterocycles. The van der Waals surface area contributed by atoms with Crippen molar-refractivity contribution in [3.63, 3.8) is 0 Å². The third-order valence-electron chi connectivity index (χ3n) is 5.49. The van der Waals surface area contributed by atoms with Gasteiger partial charge in [0, 0.05) is 11.9 Å². The topological polar surface area (TPSA) is 77.7 Å². The van der Waals surface area contributed by atoms with Crippen LogP contribution in [0.4, 0.5) is 0 Å². The Balaban J connectivity index is 1.37. The van der Waals surface area contributed by atoms with Crippen molar-refractivity contribution >= 4 is 39.2 Å². The van der Waals surface area contributed by atoms with Crippen LogP contribution >= 0.6 is 23.1 Å².